The van der Waals surface area contributed by atoms with Gasteiger partial charge in [-0.15, -0.1) is 0 Å². The van der Waals surface area contributed by atoms with Gasteiger partial charge in [0.15, 0.2) is 5.82 Å². The fourth-order valence-corrected chi connectivity index (χ4v) is 3.39. The van der Waals surface area contributed by atoms with E-state index in [9.17, 15) is 4.79 Å². The summed E-state index contributed by atoms with van der Waals surface area (Å²) in [6, 6.07) is 12.9. The van der Waals surface area contributed by atoms with Crippen molar-refractivity contribution >= 4 is 5.91 Å². The Labute approximate surface area is 151 Å². The number of ether oxygens (including phenoxy) is 1. The van der Waals surface area contributed by atoms with E-state index in [1.165, 1.54) is 0 Å². The van der Waals surface area contributed by atoms with Gasteiger partial charge in [-0.25, -0.2) is 9.67 Å². The summed E-state index contributed by atoms with van der Waals surface area (Å²) >= 11 is 0. The largest absolute Gasteiger partial charge is 0.497 e. The van der Waals surface area contributed by atoms with Gasteiger partial charge in [0.25, 0.3) is 5.91 Å². The van der Waals surface area contributed by atoms with Crippen LogP contribution < -0.4 is 10.1 Å². The van der Waals surface area contributed by atoms with E-state index in [4.69, 9.17) is 4.74 Å². The predicted octanol–water partition coefficient (Wildman–Crippen LogP) is 3.08. The van der Waals surface area contributed by atoms with Crippen LogP contribution in [0.25, 0.3) is 5.82 Å². The summed E-state index contributed by atoms with van der Waals surface area (Å²) in [5.41, 5.74) is 2.78. The van der Waals surface area contributed by atoms with Crippen molar-refractivity contribution in [2.45, 2.75) is 25.3 Å². The van der Waals surface area contributed by atoms with Gasteiger partial charge in [0, 0.05) is 17.3 Å². The van der Waals surface area contributed by atoms with Gasteiger partial charge in [-0.05, 0) is 49.6 Å². The van der Waals surface area contributed by atoms with Crippen molar-refractivity contribution in [3.63, 3.8) is 0 Å². The van der Waals surface area contributed by atoms with Crippen LogP contribution in [-0.2, 0) is 6.42 Å². The second-order valence-electron chi connectivity index (χ2n) is 6.30. The van der Waals surface area contributed by atoms with E-state index >= 15 is 0 Å². The summed E-state index contributed by atoms with van der Waals surface area (Å²) in [6.45, 7) is 0. The van der Waals surface area contributed by atoms with Crippen LogP contribution in [0.5, 0.6) is 5.75 Å². The summed E-state index contributed by atoms with van der Waals surface area (Å²) < 4.78 is 7.08. The van der Waals surface area contributed by atoms with Crippen molar-refractivity contribution in [1.82, 2.24) is 20.1 Å². The van der Waals surface area contributed by atoms with E-state index in [0.29, 0.717) is 11.3 Å². The third-order valence-electron chi connectivity index (χ3n) is 4.69. The molecular weight excluding hydrogens is 328 g/mol. The summed E-state index contributed by atoms with van der Waals surface area (Å²) in [7, 11) is 1.59. The number of carbonyl (C=O) groups is 1. The number of nitrogens with zero attached hydrogens (tertiary/aromatic N) is 3. The van der Waals surface area contributed by atoms with Crippen molar-refractivity contribution in [1.29, 1.82) is 0 Å². The van der Waals surface area contributed by atoms with Gasteiger partial charge in [0.05, 0.1) is 25.0 Å². The Morgan fingerprint density at radius 1 is 1.27 bits per heavy atom. The number of carbonyl (C=O) groups excluding carboxylic acids is 1. The van der Waals surface area contributed by atoms with Gasteiger partial charge >= 0.3 is 0 Å². The number of pyridine rings is 1. The molecule has 0 fully saturated rings. The van der Waals surface area contributed by atoms with Crippen molar-refractivity contribution in [2.75, 3.05) is 7.11 Å². The lowest BCUT2D eigenvalue weighted by Crippen LogP contribution is -2.31. The maximum Gasteiger partial charge on any atom is 0.251 e. The minimum atomic E-state index is -0.104. The van der Waals surface area contributed by atoms with Gasteiger partial charge in [-0.1, -0.05) is 12.1 Å². The first kappa shape index (κ1) is 16.3. The number of nitrogens with one attached hydrogen (secondary N) is 1. The first-order chi connectivity index (χ1) is 12.8. The maximum atomic E-state index is 12.7. The third kappa shape index (κ3) is 3.06. The molecular formula is C20H20N4O2. The third-order valence-corrected chi connectivity index (χ3v) is 4.69. The number of hydrogen-bond donors (Lipinski definition) is 1. The zero-order valence-corrected chi connectivity index (χ0v) is 14.6. The highest BCUT2D eigenvalue weighted by molar-refractivity contribution is 5.94. The molecule has 2 aromatic heterocycles. The maximum absolute atomic E-state index is 12.7. The molecule has 132 valence electrons. The fraction of sp³-hybridized carbons (Fsp3) is 0.250. The normalized spacial score (nSPS) is 16.0. The number of methoxy groups -OCH3 is 1. The van der Waals surface area contributed by atoms with Crippen molar-refractivity contribution < 1.29 is 9.53 Å². The van der Waals surface area contributed by atoms with Gasteiger partial charge in [-0.3, -0.25) is 4.79 Å². The summed E-state index contributed by atoms with van der Waals surface area (Å²) in [4.78, 5) is 17.0. The molecule has 6 nitrogen and oxygen atoms in total. The Morgan fingerprint density at radius 3 is 3.00 bits per heavy atom. The molecule has 1 aromatic carbocycles. The molecule has 1 atom stereocenters. The molecule has 1 aliphatic carbocycles. The van der Waals surface area contributed by atoms with Crippen LogP contribution in [-0.4, -0.2) is 27.8 Å². The molecule has 4 rings (SSSR count). The second-order valence-corrected chi connectivity index (χ2v) is 6.30. The Bertz CT molecular complexity index is 921. The quantitative estimate of drug-likeness (QED) is 0.787. The van der Waals surface area contributed by atoms with Crippen LogP contribution in [0.2, 0.25) is 0 Å². The Morgan fingerprint density at radius 2 is 2.19 bits per heavy atom. The molecule has 3 aromatic rings. The smallest absolute Gasteiger partial charge is 0.251 e. The minimum absolute atomic E-state index is 0.0464. The van der Waals surface area contributed by atoms with Crippen LogP contribution in [0.3, 0.4) is 0 Å². The van der Waals surface area contributed by atoms with E-state index in [2.05, 4.69) is 15.4 Å². The molecule has 0 saturated heterocycles. The molecule has 1 aliphatic rings. The highest BCUT2D eigenvalue weighted by atomic mass is 16.5. The minimum Gasteiger partial charge on any atom is -0.497 e. The Kier molecular flexibility index (Phi) is 4.39. The van der Waals surface area contributed by atoms with E-state index in [0.717, 1.165) is 36.3 Å². The van der Waals surface area contributed by atoms with E-state index in [1.807, 2.05) is 41.2 Å². The standard InChI is InChI=1S/C20H20N4O2/c1-26-15-7-4-6-14(12-15)20(25)23-17-8-5-9-18-16(17)13-22-24(18)19-10-2-3-11-21-19/h2-4,6-7,10-13,17H,5,8-9H2,1H3,(H,23,25)/t17-/m1/s1. The molecule has 0 saturated carbocycles. The number of aromatic nitrogens is 3. The number of fused-ring (bicyclic) bond motifs is 1. The number of benzene rings is 1. The molecule has 1 N–H and O–H groups in total. The van der Waals surface area contributed by atoms with Crippen LogP contribution in [0, 0.1) is 0 Å². The highest BCUT2D eigenvalue weighted by Gasteiger charge is 2.26. The van der Waals surface area contributed by atoms with Crippen LogP contribution in [0.15, 0.2) is 54.9 Å². The molecule has 0 aliphatic heterocycles. The topological polar surface area (TPSA) is 69.0 Å². The highest BCUT2D eigenvalue weighted by Crippen LogP contribution is 2.31. The average molecular weight is 348 g/mol. The van der Waals surface area contributed by atoms with Gasteiger partial charge < -0.3 is 10.1 Å². The first-order valence-electron chi connectivity index (χ1n) is 8.69. The zero-order chi connectivity index (χ0) is 17.9. The second kappa shape index (κ2) is 7.00. The van der Waals surface area contributed by atoms with Crippen molar-refractivity contribution in [3.05, 3.63) is 71.7 Å². The summed E-state index contributed by atoms with van der Waals surface area (Å²) in [5.74, 6) is 1.37. The van der Waals surface area contributed by atoms with Gasteiger partial charge in [0.2, 0.25) is 0 Å². The number of amides is 1. The van der Waals surface area contributed by atoms with Crippen LogP contribution in [0.4, 0.5) is 0 Å². The summed E-state index contributed by atoms with van der Waals surface area (Å²) in [5, 5.41) is 7.65. The molecule has 0 unspecified atom stereocenters. The van der Waals surface area contributed by atoms with Crippen molar-refractivity contribution in [2.24, 2.45) is 0 Å². The molecule has 0 radical (unpaired) electrons. The molecule has 0 bridgehead atoms. The Hall–Kier alpha value is -3.15. The molecule has 26 heavy (non-hydrogen) atoms. The van der Waals surface area contributed by atoms with E-state index < -0.39 is 0 Å². The molecule has 1 amide bonds. The van der Waals surface area contributed by atoms with Crippen LogP contribution >= 0.6 is 0 Å². The zero-order valence-electron chi connectivity index (χ0n) is 14.6. The lowest BCUT2D eigenvalue weighted by atomic mass is 9.92. The number of rotatable bonds is 4. The first-order valence-corrected chi connectivity index (χ1v) is 8.69. The van der Waals surface area contributed by atoms with E-state index in [-0.39, 0.29) is 11.9 Å². The lowest BCUT2D eigenvalue weighted by molar-refractivity contribution is 0.0932. The lowest BCUT2D eigenvalue weighted by Gasteiger charge is -2.24. The Balaban J connectivity index is 1.59. The van der Waals surface area contributed by atoms with Gasteiger partial charge in [-0.2, -0.15) is 5.10 Å². The molecule has 0 spiro atoms. The van der Waals surface area contributed by atoms with Gasteiger partial charge in [0.1, 0.15) is 5.75 Å². The predicted molar refractivity (Wildman–Crippen MR) is 97.5 cm³/mol. The van der Waals surface area contributed by atoms with E-state index in [1.54, 1.807) is 25.4 Å². The SMILES string of the molecule is COc1cccc(C(=O)N[C@@H]2CCCc3c2cnn3-c2ccccn2)c1. The molecule has 6 heteroatoms. The molecule has 2 heterocycles. The fourth-order valence-electron chi connectivity index (χ4n) is 3.39. The average Bonchev–Trinajstić information content (AvgIpc) is 3.14. The number of hydrogen-bond acceptors (Lipinski definition) is 4. The monoisotopic (exact) mass is 348 g/mol. The summed E-state index contributed by atoms with van der Waals surface area (Å²) in [6.07, 6.45) is 6.43. The van der Waals surface area contributed by atoms with Crippen LogP contribution in [0.1, 0.15) is 40.5 Å². The van der Waals surface area contributed by atoms with Crippen molar-refractivity contribution in [3.8, 4) is 11.6 Å².